The van der Waals surface area contributed by atoms with Crippen molar-refractivity contribution in [2.75, 3.05) is 13.2 Å². The molecule has 0 unspecified atom stereocenters. The first-order valence-electron chi connectivity index (χ1n) is 10.0. The van der Waals surface area contributed by atoms with E-state index in [1.54, 1.807) is 24.3 Å². The second kappa shape index (κ2) is 11.2. The van der Waals surface area contributed by atoms with Crippen LogP contribution in [0.3, 0.4) is 0 Å². The maximum atomic E-state index is 10.8. The molecular weight excluding hydrogens is 414 g/mol. The van der Waals surface area contributed by atoms with E-state index in [4.69, 9.17) is 26.3 Å². The zero-order valence-corrected chi connectivity index (χ0v) is 18.0. The van der Waals surface area contributed by atoms with Gasteiger partial charge in [0.1, 0.15) is 12.4 Å². The predicted molar refractivity (Wildman–Crippen MR) is 123 cm³/mol. The van der Waals surface area contributed by atoms with E-state index in [0.29, 0.717) is 17.9 Å². The molecular formula is C25H24ClNO4. The van der Waals surface area contributed by atoms with Crippen molar-refractivity contribution in [2.45, 2.75) is 19.8 Å². The minimum absolute atomic E-state index is 0.0346. The highest BCUT2D eigenvalue weighted by molar-refractivity contribution is 6.33. The molecule has 0 aliphatic heterocycles. The maximum Gasteiger partial charge on any atom is 0.307 e. The van der Waals surface area contributed by atoms with Crippen LogP contribution in [0.25, 0.3) is 11.1 Å². The van der Waals surface area contributed by atoms with Gasteiger partial charge in [-0.25, -0.2) is 0 Å². The van der Waals surface area contributed by atoms with Crippen molar-refractivity contribution in [2.24, 2.45) is 5.16 Å². The Kier molecular flexibility index (Phi) is 8.07. The van der Waals surface area contributed by atoms with Gasteiger partial charge in [0.25, 0.3) is 0 Å². The summed E-state index contributed by atoms with van der Waals surface area (Å²) in [6, 6.07) is 22.8. The van der Waals surface area contributed by atoms with Crippen LogP contribution in [0.4, 0.5) is 0 Å². The maximum absolute atomic E-state index is 10.8. The molecule has 0 atom stereocenters. The lowest BCUT2D eigenvalue weighted by Gasteiger charge is -2.09. The smallest absolute Gasteiger partial charge is 0.307 e. The number of halogens is 1. The number of oxime groups is 1. The van der Waals surface area contributed by atoms with Crippen molar-refractivity contribution in [1.29, 1.82) is 0 Å². The number of rotatable bonds is 10. The fourth-order valence-corrected chi connectivity index (χ4v) is 3.34. The summed E-state index contributed by atoms with van der Waals surface area (Å²) in [5, 5.41) is 13.8. The highest BCUT2D eigenvalue weighted by Crippen LogP contribution is 2.27. The topological polar surface area (TPSA) is 68.1 Å². The van der Waals surface area contributed by atoms with Gasteiger partial charge in [0.2, 0.25) is 0 Å². The molecule has 0 radical (unpaired) electrons. The number of hydrogen-bond acceptors (Lipinski definition) is 4. The van der Waals surface area contributed by atoms with Crippen LogP contribution in [0.5, 0.6) is 5.75 Å². The zero-order valence-electron chi connectivity index (χ0n) is 17.3. The first-order valence-corrected chi connectivity index (χ1v) is 10.4. The third-order valence-electron chi connectivity index (χ3n) is 4.61. The Morgan fingerprint density at radius 2 is 1.77 bits per heavy atom. The van der Waals surface area contributed by atoms with Gasteiger partial charge in [-0.2, -0.15) is 0 Å². The Hall–Kier alpha value is -3.31. The molecule has 3 aromatic carbocycles. The normalized spacial score (nSPS) is 11.2. The van der Waals surface area contributed by atoms with Gasteiger partial charge in [-0.05, 0) is 41.3 Å². The zero-order chi connectivity index (χ0) is 22.1. The summed E-state index contributed by atoms with van der Waals surface area (Å²) in [6.07, 6.45) is 0.691. The van der Waals surface area contributed by atoms with Crippen molar-refractivity contribution in [3.8, 4) is 16.9 Å². The number of carbonyl (C=O) groups is 1. The fourth-order valence-electron chi connectivity index (χ4n) is 3.10. The molecule has 0 fully saturated rings. The highest BCUT2D eigenvalue weighted by atomic mass is 35.5. The Labute approximate surface area is 186 Å². The van der Waals surface area contributed by atoms with Crippen LogP contribution in [0.15, 0.2) is 78.0 Å². The molecule has 160 valence electrons. The van der Waals surface area contributed by atoms with Gasteiger partial charge in [-0.1, -0.05) is 78.3 Å². The summed E-state index contributed by atoms with van der Waals surface area (Å²) in [5.74, 6) is -0.265. The summed E-state index contributed by atoms with van der Waals surface area (Å²) in [6.45, 7) is 2.61. The molecule has 0 saturated heterocycles. The highest BCUT2D eigenvalue weighted by Gasteiger charge is 2.06. The molecule has 0 saturated carbocycles. The number of carboxylic acids is 1. The van der Waals surface area contributed by atoms with Crippen LogP contribution in [0.2, 0.25) is 5.02 Å². The molecule has 5 nitrogen and oxygen atoms in total. The molecule has 0 spiro atoms. The summed E-state index contributed by atoms with van der Waals surface area (Å²) in [4.78, 5) is 16.3. The van der Waals surface area contributed by atoms with E-state index in [-0.39, 0.29) is 13.0 Å². The van der Waals surface area contributed by atoms with Crippen LogP contribution in [0, 0.1) is 0 Å². The third-order valence-corrected chi connectivity index (χ3v) is 4.94. The van der Waals surface area contributed by atoms with E-state index in [1.165, 1.54) is 0 Å². The van der Waals surface area contributed by atoms with Crippen molar-refractivity contribution >= 4 is 23.3 Å². The minimum atomic E-state index is -0.873. The van der Waals surface area contributed by atoms with E-state index in [2.05, 4.69) is 5.16 Å². The number of nitrogens with zero attached hydrogens (tertiary/aromatic N) is 1. The van der Waals surface area contributed by atoms with Crippen molar-refractivity contribution < 1.29 is 19.5 Å². The van der Waals surface area contributed by atoms with Gasteiger partial charge >= 0.3 is 5.97 Å². The van der Waals surface area contributed by atoms with Crippen LogP contribution >= 0.6 is 11.6 Å². The van der Waals surface area contributed by atoms with Crippen molar-refractivity contribution in [1.82, 2.24) is 0 Å². The molecule has 0 aromatic heterocycles. The van der Waals surface area contributed by atoms with E-state index < -0.39 is 5.97 Å². The Balaban J connectivity index is 1.54. The summed E-state index contributed by atoms with van der Waals surface area (Å²) in [7, 11) is 0. The van der Waals surface area contributed by atoms with Crippen LogP contribution in [-0.2, 0) is 16.1 Å². The Morgan fingerprint density at radius 3 is 2.48 bits per heavy atom. The number of aliphatic carboxylic acids is 1. The first kappa shape index (κ1) is 22.4. The number of carboxylic acid groups (broad SMARTS) is 1. The molecule has 0 bridgehead atoms. The second-order valence-corrected chi connectivity index (χ2v) is 7.26. The molecule has 31 heavy (non-hydrogen) atoms. The van der Waals surface area contributed by atoms with Crippen molar-refractivity contribution in [3.05, 3.63) is 88.9 Å². The molecule has 1 N–H and O–H groups in total. The standard InChI is InChI=1S/C25H24ClNO4/c1-2-24(20-12-10-19(11-13-20)22-8-3-4-9-23(22)26)27-31-15-14-30-21-7-5-6-18(16-21)17-25(28)29/h3-13,16H,2,14-15,17H2,1H3,(H,28,29). The van der Waals surface area contributed by atoms with Gasteiger partial charge < -0.3 is 14.7 Å². The first-order chi connectivity index (χ1) is 15.1. The lowest BCUT2D eigenvalue weighted by Crippen LogP contribution is -2.07. The average Bonchev–Trinajstić information content (AvgIpc) is 2.77. The predicted octanol–water partition coefficient (Wildman–Crippen LogP) is 5.84. The summed E-state index contributed by atoms with van der Waals surface area (Å²) >= 11 is 6.28. The fraction of sp³-hybridized carbons (Fsp3) is 0.200. The van der Waals surface area contributed by atoms with Crippen LogP contribution < -0.4 is 4.74 Å². The molecule has 0 aliphatic carbocycles. The van der Waals surface area contributed by atoms with Gasteiger partial charge in [-0.3, -0.25) is 4.79 Å². The Bertz CT molecular complexity index is 1050. The number of ether oxygens (including phenoxy) is 1. The molecule has 0 heterocycles. The lowest BCUT2D eigenvalue weighted by atomic mass is 10.0. The molecule has 3 rings (SSSR count). The molecule has 0 aliphatic rings. The number of hydrogen-bond donors (Lipinski definition) is 1. The quantitative estimate of drug-likeness (QED) is 0.245. The van der Waals surface area contributed by atoms with Crippen molar-refractivity contribution in [3.63, 3.8) is 0 Å². The SMILES string of the molecule is CCC(=NOCCOc1cccc(CC(=O)O)c1)c1ccc(-c2ccccc2Cl)cc1. The van der Waals surface area contributed by atoms with Gasteiger partial charge in [0, 0.05) is 10.6 Å². The van der Waals surface area contributed by atoms with Crippen LogP contribution in [-0.4, -0.2) is 30.0 Å². The molecule has 6 heteroatoms. The molecule has 3 aromatic rings. The van der Waals surface area contributed by atoms with E-state index in [0.717, 1.165) is 33.8 Å². The third kappa shape index (κ3) is 6.59. The lowest BCUT2D eigenvalue weighted by molar-refractivity contribution is -0.136. The van der Waals surface area contributed by atoms with E-state index >= 15 is 0 Å². The molecule has 0 amide bonds. The number of benzene rings is 3. The summed E-state index contributed by atoms with van der Waals surface area (Å²) < 4.78 is 5.63. The van der Waals surface area contributed by atoms with E-state index in [9.17, 15) is 4.79 Å². The van der Waals surface area contributed by atoms with E-state index in [1.807, 2.05) is 55.5 Å². The largest absolute Gasteiger partial charge is 0.490 e. The van der Waals surface area contributed by atoms with Gasteiger partial charge in [0.15, 0.2) is 6.61 Å². The average molecular weight is 438 g/mol. The van der Waals surface area contributed by atoms with Crippen LogP contribution in [0.1, 0.15) is 24.5 Å². The van der Waals surface area contributed by atoms with Gasteiger partial charge in [-0.15, -0.1) is 0 Å². The summed E-state index contributed by atoms with van der Waals surface area (Å²) in [5.41, 5.74) is 4.56. The Morgan fingerprint density at radius 1 is 1.00 bits per heavy atom. The second-order valence-electron chi connectivity index (χ2n) is 6.85. The minimum Gasteiger partial charge on any atom is -0.490 e. The monoisotopic (exact) mass is 437 g/mol. The van der Waals surface area contributed by atoms with Gasteiger partial charge in [0.05, 0.1) is 12.1 Å².